The lowest BCUT2D eigenvalue weighted by Crippen LogP contribution is -2.55. The van der Waals surface area contributed by atoms with E-state index >= 15 is 0 Å². The second-order valence-corrected chi connectivity index (χ2v) is 6.72. The Hall–Kier alpha value is -2.90. The normalized spacial score (nSPS) is 22.1. The number of nitrogens with one attached hydrogen (secondary N) is 3. The zero-order valence-electron chi connectivity index (χ0n) is 14.7. The first-order valence-electron chi connectivity index (χ1n) is 8.34. The number of dihydropyridines is 2. The molecule has 8 heteroatoms. The average Bonchev–Trinajstić information content (AvgIpc) is 2.56. The van der Waals surface area contributed by atoms with Crippen molar-refractivity contribution in [1.29, 1.82) is 5.41 Å². The molecular formula is C18H22F2N6. The van der Waals surface area contributed by atoms with Crippen LogP contribution in [0.4, 0.5) is 8.78 Å². The minimum Gasteiger partial charge on any atom is -0.384 e. The van der Waals surface area contributed by atoms with E-state index < -0.39 is 5.92 Å². The van der Waals surface area contributed by atoms with Crippen LogP contribution in [0.2, 0.25) is 0 Å². The molecule has 0 amide bonds. The van der Waals surface area contributed by atoms with Crippen LogP contribution < -0.4 is 16.4 Å². The third-order valence-electron chi connectivity index (χ3n) is 4.24. The molecule has 0 aromatic heterocycles. The maximum atomic E-state index is 13.1. The molecule has 0 saturated carbocycles. The maximum Gasteiger partial charge on any atom is 0.282 e. The molecule has 26 heavy (non-hydrogen) atoms. The predicted octanol–water partition coefficient (Wildman–Crippen LogP) is 2.18. The van der Waals surface area contributed by atoms with Crippen molar-refractivity contribution in [2.75, 3.05) is 13.1 Å². The van der Waals surface area contributed by atoms with Gasteiger partial charge in [-0.1, -0.05) is 13.8 Å². The number of aliphatic imine (C=N–C) groups is 1. The van der Waals surface area contributed by atoms with Crippen molar-refractivity contribution in [3.05, 3.63) is 59.0 Å². The average molecular weight is 360 g/mol. The van der Waals surface area contributed by atoms with Crippen LogP contribution in [-0.2, 0) is 0 Å². The van der Waals surface area contributed by atoms with Gasteiger partial charge >= 0.3 is 0 Å². The molecule has 3 rings (SSSR count). The van der Waals surface area contributed by atoms with Crippen molar-refractivity contribution in [1.82, 2.24) is 15.5 Å². The molecule has 1 fully saturated rings. The van der Waals surface area contributed by atoms with E-state index in [1.165, 1.54) is 6.21 Å². The van der Waals surface area contributed by atoms with Gasteiger partial charge in [-0.25, -0.2) is 13.8 Å². The Bertz CT molecular complexity index is 790. The van der Waals surface area contributed by atoms with Gasteiger partial charge in [0, 0.05) is 12.4 Å². The number of allylic oxidation sites excluding steroid dienone is 4. The Morgan fingerprint density at radius 3 is 2.69 bits per heavy atom. The van der Waals surface area contributed by atoms with Gasteiger partial charge in [0.1, 0.15) is 11.7 Å². The molecule has 0 aromatic carbocycles. The monoisotopic (exact) mass is 360 g/mol. The number of amidine groups is 1. The van der Waals surface area contributed by atoms with Crippen molar-refractivity contribution in [3.63, 3.8) is 0 Å². The molecule has 0 bridgehead atoms. The first-order valence-corrected chi connectivity index (χ1v) is 8.34. The minimum atomic E-state index is -2.62. The number of halogens is 2. The summed E-state index contributed by atoms with van der Waals surface area (Å²) in [5.41, 5.74) is 9.00. The molecule has 5 N–H and O–H groups in total. The molecule has 3 aliphatic heterocycles. The van der Waals surface area contributed by atoms with Gasteiger partial charge in [-0.05, 0) is 35.8 Å². The molecular weight excluding hydrogens is 338 g/mol. The predicted molar refractivity (Wildman–Crippen MR) is 98.5 cm³/mol. The highest BCUT2D eigenvalue weighted by Crippen LogP contribution is 2.32. The van der Waals surface area contributed by atoms with E-state index in [4.69, 9.17) is 11.1 Å². The molecule has 1 saturated heterocycles. The number of alkyl halides is 2. The lowest BCUT2D eigenvalue weighted by molar-refractivity contribution is -0.114. The van der Waals surface area contributed by atoms with Crippen molar-refractivity contribution < 1.29 is 8.78 Å². The molecule has 0 atom stereocenters. The molecule has 0 radical (unpaired) electrons. The zero-order valence-corrected chi connectivity index (χ0v) is 14.7. The Balaban J connectivity index is 1.73. The lowest BCUT2D eigenvalue weighted by atomic mass is 10.0. The van der Waals surface area contributed by atoms with Crippen molar-refractivity contribution in [3.8, 4) is 0 Å². The maximum absolute atomic E-state index is 13.1. The van der Waals surface area contributed by atoms with E-state index in [1.807, 2.05) is 26.0 Å². The molecule has 138 valence electrons. The van der Waals surface area contributed by atoms with E-state index in [-0.39, 0.29) is 24.8 Å². The third kappa shape index (κ3) is 3.84. The fraction of sp³-hybridized carbons (Fsp3) is 0.333. The molecule has 0 aromatic rings. The van der Waals surface area contributed by atoms with Gasteiger partial charge in [0.05, 0.1) is 30.2 Å². The highest BCUT2D eigenvalue weighted by molar-refractivity contribution is 5.97. The van der Waals surface area contributed by atoms with Crippen LogP contribution in [0, 0.1) is 11.3 Å². The summed E-state index contributed by atoms with van der Waals surface area (Å²) < 4.78 is 26.1. The highest BCUT2D eigenvalue weighted by Gasteiger charge is 2.44. The van der Waals surface area contributed by atoms with Crippen LogP contribution in [-0.4, -0.2) is 36.0 Å². The van der Waals surface area contributed by atoms with Crippen molar-refractivity contribution in [2.24, 2.45) is 16.6 Å². The fourth-order valence-corrected chi connectivity index (χ4v) is 2.74. The molecule has 0 spiro atoms. The molecule has 3 heterocycles. The molecule has 6 nitrogen and oxygen atoms in total. The van der Waals surface area contributed by atoms with Gasteiger partial charge < -0.3 is 26.7 Å². The van der Waals surface area contributed by atoms with E-state index in [0.717, 1.165) is 17.0 Å². The number of hydrogen-bond donors (Lipinski definition) is 4. The second-order valence-electron chi connectivity index (χ2n) is 6.72. The topological polar surface area (TPSA) is 89.5 Å². The SMILES string of the molecule is CC(C)C(C=N)=CC(N)=NC1=CC=C2NC=C(N3CC(F)(F)C3)C=C2N1. The van der Waals surface area contributed by atoms with Gasteiger partial charge in [0.25, 0.3) is 5.92 Å². The van der Waals surface area contributed by atoms with Gasteiger partial charge in [-0.3, -0.25) is 0 Å². The van der Waals surface area contributed by atoms with Crippen LogP contribution in [0.1, 0.15) is 13.8 Å². The summed E-state index contributed by atoms with van der Waals surface area (Å²) in [7, 11) is 0. The minimum absolute atomic E-state index is 0.175. The summed E-state index contributed by atoms with van der Waals surface area (Å²) in [6.07, 6.45) is 10.1. The number of likely N-dealkylation sites (tertiary alicyclic amines) is 1. The highest BCUT2D eigenvalue weighted by atomic mass is 19.3. The number of nitrogens with two attached hydrogens (primary N) is 1. The van der Waals surface area contributed by atoms with Crippen LogP contribution >= 0.6 is 0 Å². The fourth-order valence-electron chi connectivity index (χ4n) is 2.74. The lowest BCUT2D eigenvalue weighted by Gasteiger charge is -2.42. The molecule has 0 unspecified atom stereocenters. The van der Waals surface area contributed by atoms with E-state index in [2.05, 4.69) is 15.6 Å². The summed E-state index contributed by atoms with van der Waals surface area (Å²) in [5, 5.41) is 13.6. The number of fused-ring (bicyclic) bond motifs is 1. The summed E-state index contributed by atoms with van der Waals surface area (Å²) in [4.78, 5) is 5.93. The van der Waals surface area contributed by atoms with Gasteiger partial charge in [-0.2, -0.15) is 0 Å². The largest absolute Gasteiger partial charge is 0.384 e. The summed E-state index contributed by atoms with van der Waals surface area (Å²) >= 11 is 0. The van der Waals surface area contributed by atoms with Gasteiger partial charge in [0.15, 0.2) is 0 Å². The van der Waals surface area contributed by atoms with Crippen molar-refractivity contribution >= 4 is 12.1 Å². The first kappa shape index (κ1) is 17.9. The zero-order chi connectivity index (χ0) is 18.9. The summed E-state index contributed by atoms with van der Waals surface area (Å²) in [5.74, 6) is -1.61. The molecule has 3 aliphatic rings. The third-order valence-corrected chi connectivity index (χ3v) is 4.24. The molecule has 0 aliphatic carbocycles. The smallest absolute Gasteiger partial charge is 0.282 e. The Morgan fingerprint density at radius 2 is 2.08 bits per heavy atom. The standard InChI is InChI=1S/C18H22F2N6/c1-11(2)12(7-21)5-16(22)25-17-4-3-14-15(24-17)6-13(8-23-14)26-9-18(19,20)10-26/h3-8,11,21,23-24H,9-10H2,1-2H3,(H2,22,25). The quantitative estimate of drug-likeness (QED) is 0.447. The van der Waals surface area contributed by atoms with E-state index in [0.29, 0.717) is 11.5 Å². The van der Waals surface area contributed by atoms with Crippen molar-refractivity contribution in [2.45, 2.75) is 19.8 Å². The van der Waals surface area contributed by atoms with Gasteiger partial charge in [0.2, 0.25) is 0 Å². The summed E-state index contributed by atoms with van der Waals surface area (Å²) in [6.45, 7) is 3.40. The van der Waals surface area contributed by atoms with Crippen LogP contribution in [0.3, 0.4) is 0 Å². The summed E-state index contributed by atoms with van der Waals surface area (Å²) in [6, 6.07) is 0. The van der Waals surface area contributed by atoms with Gasteiger partial charge in [-0.15, -0.1) is 0 Å². The van der Waals surface area contributed by atoms with Crippen LogP contribution in [0.25, 0.3) is 0 Å². The van der Waals surface area contributed by atoms with Crippen LogP contribution in [0.15, 0.2) is 64.0 Å². The number of rotatable bonds is 5. The van der Waals surface area contributed by atoms with E-state index in [9.17, 15) is 8.78 Å². The Labute approximate surface area is 151 Å². The number of nitrogens with zero attached hydrogens (tertiary/aromatic N) is 2. The van der Waals surface area contributed by atoms with Crippen LogP contribution in [0.5, 0.6) is 0 Å². The van der Waals surface area contributed by atoms with E-state index in [1.54, 1.807) is 23.3 Å². The Kier molecular flexibility index (Phi) is 4.67. The second kappa shape index (κ2) is 6.78. The Morgan fingerprint density at radius 1 is 1.35 bits per heavy atom. The first-order chi connectivity index (χ1) is 12.3. The number of hydrogen-bond acceptors (Lipinski definition) is 5.